The van der Waals surface area contributed by atoms with Gasteiger partial charge in [0.2, 0.25) is 0 Å². The third-order valence-corrected chi connectivity index (χ3v) is 10.2. The van der Waals surface area contributed by atoms with Crippen molar-refractivity contribution in [3.8, 4) is 22.3 Å². The lowest BCUT2D eigenvalue weighted by molar-refractivity contribution is 0.739. The molecule has 6 heterocycles. The maximum absolute atomic E-state index is 4.65. The molecule has 1 atom stereocenters. The summed E-state index contributed by atoms with van der Waals surface area (Å²) in [6, 6.07) is 28.8. The molecule has 4 aromatic carbocycles. The molecule has 0 spiro atoms. The van der Waals surface area contributed by atoms with Crippen molar-refractivity contribution in [1.29, 1.82) is 0 Å². The number of nitrogens with zero attached hydrogens (tertiary/aromatic N) is 8. The predicted molar refractivity (Wildman–Crippen MR) is 220 cm³/mol. The zero-order valence-corrected chi connectivity index (χ0v) is 29.0. The molecule has 0 radical (unpaired) electrons. The van der Waals surface area contributed by atoms with E-state index in [2.05, 4.69) is 137 Å². The minimum absolute atomic E-state index is 0.0231. The van der Waals surface area contributed by atoms with Gasteiger partial charge in [-0.1, -0.05) is 42.6 Å². The number of aromatic nitrogens is 4. The molecule has 54 heavy (non-hydrogen) atoms. The lowest BCUT2D eigenvalue weighted by Crippen LogP contribution is -2.16. The summed E-state index contributed by atoms with van der Waals surface area (Å²) in [7, 11) is 0. The smallest absolute Gasteiger partial charge is 0.115 e. The van der Waals surface area contributed by atoms with Crippen LogP contribution in [-0.4, -0.2) is 45.7 Å². The Kier molecular flexibility index (Phi) is 7.79. The zero-order chi connectivity index (χ0) is 35.8. The first-order valence-corrected chi connectivity index (χ1v) is 17.8. The number of fused-ring (bicyclic) bond motifs is 6. The van der Waals surface area contributed by atoms with Gasteiger partial charge in [-0.15, -0.1) is 6.34 Å². The molecule has 258 valence electrons. The summed E-state index contributed by atoms with van der Waals surface area (Å²) in [5.74, 6) is 0. The summed E-state index contributed by atoms with van der Waals surface area (Å²) in [5.41, 5.74) is 11.3. The van der Waals surface area contributed by atoms with Gasteiger partial charge in [-0.25, -0.2) is 9.97 Å². The maximum Gasteiger partial charge on any atom is 0.115 e. The SMILES string of the molecule is C1=CC(c2ccc3c(c2)c2ccc(-c4ccnc(C5=CN=C[N-]C5)c4)cc2c2ccc(-c4ccnc(C5=C[N-]CN=C5)c4)cc32)=CC(c2cncnc2)N1. The van der Waals surface area contributed by atoms with Crippen molar-refractivity contribution in [2.75, 3.05) is 13.2 Å². The highest BCUT2D eigenvalue weighted by Gasteiger charge is 2.17. The van der Waals surface area contributed by atoms with Crippen LogP contribution in [0.15, 0.2) is 151 Å². The first-order chi connectivity index (χ1) is 26.7. The normalized spacial score (nSPS) is 16.4. The Labute approximate surface area is 311 Å². The van der Waals surface area contributed by atoms with Gasteiger partial charge in [0.1, 0.15) is 6.33 Å². The van der Waals surface area contributed by atoms with Crippen LogP contribution in [0.25, 0.3) is 81.9 Å². The quantitative estimate of drug-likeness (QED) is 0.174. The van der Waals surface area contributed by atoms with Gasteiger partial charge >= 0.3 is 0 Å². The van der Waals surface area contributed by atoms with Crippen molar-refractivity contribution in [2.24, 2.45) is 9.98 Å². The highest BCUT2D eigenvalue weighted by Crippen LogP contribution is 2.41. The van der Waals surface area contributed by atoms with Crippen LogP contribution in [0.4, 0.5) is 0 Å². The summed E-state index contributed by atoms with van der Waals surface area (Å²) in [5, 5.41) is 19.2. The van der Waals surface area contributed by atoms with E-state index in [-0.39, 0.29) is 6.04 Å². The van der Waals surface area contributed by atoms with Crippen molar-refractivity contribution in [3.05, 3.63) is 174 Å². The van der Waals surface area contributed by atoms with Crippen LogP contribution in [0.5, 0.6) is 0 Å². The van der Waals surface area contributed by atoms with E-state index < -0.39 is 0 Å². The van der Waals surface area contributed by atoms with Gasteiger partial charge in [0.25, 0.3) is 0 Å². The first kappa shape index (κ1) is 31.5. The minimum atomic E-state index is -0.0231. The number of rotatable bonds is 6. The topological polar surface area (TPSA) is 117 Å². The molecule has 1 unspecified atom stereocenters. The van der Waals surface area contributed by atoms with Gasteiger partial charge in [0.05, 0.1) is 17.4 Å². The number of hydrogen-bond acceptors (Lipinski definition) is 7. The fourth-order valence-corrected chi connectivity index (χ4v) is 7.47. The maximum atomic E-state index is 4.65. The van der Waals surface area contributed by atoms with Crippen molar-refractivity contribution in [1.82, 2.24) is 25.3 Å². The second kappa shape index (κ2) is 13.4. The van der Waals surface area contributed by atoms with E-state index in [1.54, 1.807) is 12.7 Å². The minimum Gasteiger partial charge on any atom is -0.672 e. The van der Waals surface area contributed by atoms with E-state index in [1.807, 2.05) is 49.6 Å². The molecule has 0 bridgehead atoms. The molecular weight excluding hydrogens is 667 g/mol. The van der Waals surface area contributed by atoms with E-state index in [4.69, 9.17) is 0 Å². The number of hydrogen-bond donors (Lipinski definition) is 1. The first-order valence-electron chi connectivity index (χ1n) is 17.8. The zero-order valence-electron chi connectivity index (χ0n) is 29.0. The molecule has 1 N–H and O–H groups in total. The molecule has 3 aromatic heterocycles. The Morgan fingerprint density at radius 2 is 1.28 bits per heavy atom. The van der Waals surface area contributed by atoms with Crippen molar-refractivity contribution in [3.63, 3.8) is 0 Å². The van der Waals surface area contributed by atoms with Gasteiger partial charge in [-0.2, -0.15) is 6.20 Å². The number of benzene rings is 4. The molecule has 0 saturated carbocycles. The lowest BCUT2D eigenvalue weighted by atomic mass is 9.88. The summed E-state index contributed by atoms with van der Waals surface area (Å²) in [6.45, 7) is 1.02. The van der Waals surface area contributed by atoms with E-state index >= 15 is 0 Å². The number of allylic oxidation sites excluding steroid dienone is 3. The molecule has 0 saturated heterocycles. The van der Waals surface area contributed by atoms with Crippen molar-refractivity contribution >= 4 is 61.6 Å². The highest BCUT2D eigenvalue weighted by molar-refractivity contribution is 6.26. The third-order valence-electron chi connectivity index (χ3n) is 10.2. The Hall–Kier alpha value is -7.26. The van der Waals surface area contributed by atoms with Crippen molar-refractivity contribution in [2.45, 2.75) is 6.04 Å². The molecule has 9 nitrogen and oxygen atoms in total. The number of dihydropyridines is 1. The highest BCUT2D eigenvalue weighted by atomic mass is 15.0. The molecule has 7 aromatic rings. The van der Waals surface area contributed by atoms with E-state index in [0.717, 1.165) is 61.5 Å². The van der Waals surface area contributed by atoms with Crippen LogP contribution in [0.1, 0.15) is 28.6 Å². The monoisotopic (exact) mass is 697 g/mol. The summed E-state index contributed by atoms with van der Waals surface area (Å²) in [4.78, 5) is 26.3. The second-order valence-electron chi connectivity index (χ2n) is 13.4. The molecule has 0 amide bonds. The molecule has 9 heteroatoms. The third kappa shape index (κ3) is 5.78. The van der Waals surface area contributed by atoms with Crippen LogP contribution in [0, 0.1) is 0 Å². The average molecular weight is 698 g/mol. The van der Waals surface area contributed by atoms with Gasteiger partial charge in [0, 0.05) is 36.6 Å². The average Bonchev–Trinajstić information content (AvgIpc) is 3.27. The molecule has 3 aliphatic heterocycles. The van der Waals surface area contributed by atoms with Gasteiger partial charge in [-0.3, -0.25) is 9.97 Å². The fraction of sp³-hybridized carbons (Fsp3) is 0.0667. The lowest BCUT2D eigenvalue weighted by Gasteiger charge is -2.20. The van der Waals surface area contributed by atoms with E-state index in [0.29, 0.717) is 13.2 Å². The van der Waals surface area contributed by atoms with Gasteiger partial charge in [0.15, 0.2) is 0 Å². The van der Waals surface area contributed by atoms with E-state index in [1.165, 1.54) is 32.3 Å². The summed E-state index contributed by atoms with van der Waals surface area (Å²) < 4.78 is 0. The van der Waals surface area contributed by atoms with Crippen LogP contribution in [-0.2, 0) is 0 Å². The molecule has 0 aliphatic carbocycles. The van der Waals surface area contributed by atoms with Gasteiger partial charge < -0.3 is 25.9 Å². The largest absolute Gasteiger partial charge is 0.672 e. The molecule has 10 rings (SSSR count). The summed E-state index contributed by atoms with van der Waals surface area (Å²) >= 11 is 0. The van der Waals surface area contributed by atoms with E-state index in [9.17, 15) is 0 Å². The Morgan fingerprint density at radius 1 is 0.630 bits per heavy atom. The number of pyridine rings is 2. The van der Waals surface area contributed by atoms with Crippen LogP contribution < -0.4 is 5.32 Å². The second-order valence-corrected chi connectivity index (χ2v) is 13.4. The van der Waals surface area contributed by atoms with Gasteiger partial charge in [-0.05, 0) is 151 Å². The molecule has 0 fully saturated rings. The number of aliphatic imine (C=N–C) groups is 2. The Bertz CT molecular complexity index is 2810. The van der Waals surface area contributed by atoms with Crippen LogP contribution in [0.3, 0.4) is 0 Å². The molecular formula is C45H31N9-2. The standard InChI is InChI=1S/C45H31N9/c1-4-37-40(13-28(1)31-7-10-52-43(16-31)34-19-46-25-47-20-34)38-5-2-30(33-9-12-54-45(18-33)36-23-50-27-51-24-36)15-42(38)39-6-3-29(14-41(37)39)32-8-11-53-44(17-32)35-21-48-26-49-22-35/h1-23,25,27,43,52H,24,26H2/q-2. The summed E-state index contributed by atoms with van der Waals surface area (Å²) in [6.07, 6.45) is 22.5. The number of nitrogens with one attached hydrogen (secondary N) is 1. The fourth-order valence-electron chi connectivity index (χ4n) is 7.47. The van der Waals surface area contributed by atoms with Crippen molar-refractivity contribution < 1.29 is 0 Å². The Morgan fingerprint density at radius 3 is 1.94 bits per heavy atom. The predicted octanol–water partition coefficient (Wildman–Crippen LogP) is 9.81. The van der Waals surface area contributed by atoms with Crippen LogP contribution in [0.2, 0.25) is 0 Å². The van der Waals surface area contributed by atoms with Crippen LogP contribution >= 0.6 is 0 Å². The Balaban J connectivity index is 1.15. The molecule has 3 aliphatic rings.